The van der Waals surface area contributed by atoms with Gasteiger partial charge in [0.05, 0.1) is 0 Å². The van der Waals surface area contributed by atoms with Gasteiger partial charge < -0.3 is 20.2 Å². The number of rotatable bonds is 4. The third-order valence-corrected chi connectivity index (χ3v) is 1.47. The first-order valence-electron chi connectivity index (χ1n) is 3.82. The Morgan fingerprint density at radius 1 is 1.29 bits per heavy atom. The summed E-state index contributed by atoms with van der Waals surface area (Å²) >= 11 is 0. The molecule has 1 fully saturated rings. The molecule has 3 N–H and O–H groups in total. The van der Waals surface area contributed by atoms with Gasteiger partial charge in [0.25, 0.3) is 0 Å². The lowest BCUT2D eigenvalue weighted by Gasteiger charge is -2.11. The maximum absolute atomic E-state index is 10.2. The highest BCUT2D eigenvalue weighted by molar-refractivity contribution is 5.72. The Morgan fingerprint density at radius 3 is 1.93 bits per heavy atom. The second-order valence-electron chi connectivity index (χ2n) is 2.69. The van der Waals surface area contributed by atoms with Crippen LogP contribution in [0.15, 0.2) is 0 Å². The zero-order valence-corrected chi connectivity index (χ0v) is 7.29. The molecule has 1 aliphatic carbocycles. The normalized spacial score (nSPS) is 13.4. The molecule has 0 saturated heterocycles. The smallest absolute Gasteiger partial charge is 0.480 e. The van der Waals surface area contributed by atoms with Crippen molar-refractivity contribution in [3.63, 3.8) is 0 Å². The van der Waals surface area contributed by atoms with Crippen molar-refractivity contribution in [2.45, 2.75) is 18.9 Å². The molecule has 1 rings (SSSR count). The van der Waals surface area contributed by atoms with Crippen LogP contribution in [0.25, 0.3) is 0 Å². The molecular formula is C7H11NO6. The number of hydrogen-bond donors (Lipinski definition) is 3. The minimum absolute atomic E-state index is 0.159. The number of amides is 1. The van der Waals surface area contributed by atoms with E-state index in [2.05, 4.69) is 0 Å². The van der Waals surface area contributed by atoms with E-state index in [-0.39, 0.29) is 12.6 Å². The van der Waals surface area contributed by atoms with Gasteiger partial charge in [0.2, 0.25) is 6.41 Å². The van der Waals surface area contributed by atoms with Gasteiger partial charge in [-0.3, -0.25) is 9.59 Å². The van der Waals surface area contributed by atoms with Crippen LogP contribution >= 0.6 is 0 Å². The van der Waals surface area contributed by atoms with Crippen molar-refractivity contribution in [3.8, 4) is 0 Å². The topological polar surface area (TPSA) is 115 Å². The summed E-state index contributed by atoms with van der Waals surface area (Å²) in [7, 11) is 0. The SMILES string of the molecule is O=C(O)O.O=CN(CC(=O)O)C1CC1. The standard InChI is InChI=1S/C6H9NO3.CH2O3/c8-4-7(3-6(9)10)5-1-2-5;2-1(3)4/h4-5H,1-3H2,(H,9,10);(H2,2,3,4). The second kappa shape index (κ2) is 5.79. The summed E-state index contributed by atoms with van der Waals surface area (Å²) in [5, 5.41) is 22.2. The predicted octanol–water partition coefficient (Wildman–Crippen LogP) is -0.0858. The van der Waals surface area contributed by atoms with E-state index in [0.717, 1.165) is 12.8 Å². The van der Waals surface area contributed by atoms with Crippen LogP contribution in [0.2, 0.25) is 0 Å². The molecule has 0 atom stereocenters. The summed E-state index contributed by atoms with van der Waals surface area (Å²) in [6.45, 7) is -0.159. The van der Waals surface area contributed by atoms with Gasteiger partial charge in [-0.25, -0.2) is 4.79 Å². The maximum atomic E-state index is 10.2. The summed E-state index contributed by atoms with van der Waals surface area (Å²) in [5.74, 6) is -0.945. The molecule has 80 valence electrons. The van der Waals surface area contributed by atoms with Gasteiger partial charge in [-0.15, -0.1) is 0 Å². The fraction of sp³-hybridized carbons (Fsp3) is 0.571. The van der Waals surface area contributed by atoms with E-state index in [1.165, 1.54) is 4.90 Å². The fourth-order valence-corrected chi connectivity index (χ4v) is 0.815. The Bertz CT molecular complexity index is 220. The Balaban J connectivity index is 0.000000364. The van der Waals surface area contributed by atoms with Gasteiger partial charge in [-0.05, 0) is 12.8 Å². The van der Waals surface area contributed by atoms with Crippen molar-refractivity contribution in [3.05, 3.63) is 0 Å². The van der Waals surface area contributed by atoms with Gasteiger partial charge in [0.1, 0.15) is 6.54 Å². The maximum Gasteiger partial charge on any atom is 0.503 e. The summed E-state index contributed by atoms with van der Waals surface area (Å²) in [5.41, 5.74) is 0. The van der Waals surface area contributed by atoms with Gasteiger partial charge in [0, 0.05) is 6.04 Å². The van der Waals surface area contributed by atoms with Crippen molar-refractivity contribution in [1.82, 2.24) is 4.90 Å². The Labute approximate surface area is 79.6 Å². The lowest BCUT2D eigenvalue weighted by molar-refractivity contribution is -0.141. The molecule has 1 aliphatic rings. The van der Waals surface area contributed by atoms with E-state index in [1.54, 1.807) is 0 Å². The number of carboxylic acids is 1. The van der Waals surface area contributed by atoms with E-state index in [4.69, 9.17) is 20.1 Å². The molecule has 0 bridgehead atoms. The van der Waals surface area contributed by atoms with Crippen molar-refractivity contribution < 1.29 is 29.7 Å². The molecular weight excluding hydrogens is 194 g/mol. The molecule has 7 heteroatoms. The summed E-state index contributed by atoms with van der Waals surface area (Å²) in [4.78, 5) is 30.2. The molecule has 1 amide bonds. The largest absolute Gasteiger partial charge is 0.503 e. The molecule has 0 aromatic rings. The van der Waals surface area contributed by atoms with Crippen molar-refractivity contribution >= 4 is 18.5 Å². The number of hydrogen-bond acceptors (Lipinski definition) is 3. The van der Waals surface area contributed by atoms with Crippen LogP contribution in [0.4, 0.5) is 4.79 Å². The molecule has 0 aromatic carbocycles. The van der Waals surface area contributed by atoms with Gasteiger partial charge in [-0.1, -0.05) is 0 Å². The Morgan fingerprint density at radius 2 is 1.71 bits per heavy atom. The number of carbonyl (C=O) groups excluding carboxylic acids is 1. The van der Waals surface area contributed by atoms with Gasteiger partial charge >= 0.3 is 12.1 Å². The third kappa shape index (κ3) is 6.89. The first-order valence-corrected chi connectivity index (χ1v) is 3.82. The molecule has 0 heterocycles. The van der Waals surface area contributed by atoms with E-state index >= 15 is 0 Å². The van der Waals surface area contributed by atoms with Crippen molar-refractivity contribution in [2.75, 3.05) is 6.54 Å². The third-order valence-electron chi connectivity index (χ3n) is 1.47. The Hall–Kier alpha value is -1.79. The van der Waals surface area contributed by atoms with Crippen LogP contribution in [0.1, 0.15) is 12.8 Å². The number of nitrogens with zero attached hydrogens (tertiary/aromatic N) is 1. The molecule has 0 spiro atoms. The minimum Gasteiger partial charge on any atom is -0.480 e. The monoisotopic (exact) mass is 205 g/mol. The minimum atomic E-state index is -1.83. The first-order chi connectivity index (χ1) is 6.47. The van der Waals surface area contributed by atoms with E-state index < -0.39 is 12.1 Å². The molecule has 0 aromatic heterocycles. The summed E-state index contributed by atoms with van der Waals surface area (Å²) in [6, 6.07) is 0.202. The van der Waals surface area contributed by atoms with Crippen LogP contribution in [-0.2, 0) is 9.59 Å². The lowest BCUT2D eigenvalue weighted by atomic mass is 10.5. The molecule has 0 unspecified atom stereocenters. The first kappa shape index (κ1) is 12.2. The highest BCUT2D eigenvalue weighted by Gasteiger charge is 2.28. The molecule has 14 heavy (non-hydrogen) atoms. The van der Waals surface area contributed by atoms with Crippen molar-refractivity contribution in [1.29, 1.82) is 0 Å². The zero-order chi connectivity index (χ0) is 11.1. The highest BCUT2D eigenvalue weighted by Crippen LogP contribution is 2.24. The molecule has 1 saturated carbocycles. The van der Waals surface area contributed by atoms with Crippen LogP contribution in [-0.4, -0.2) is 51.3 Å². The number of carbonyl (C=O) groups is 3. The van der Waals surface area contributed by atoms with Crippen LogP contribution in [0, 0.1) is 0 Å². The fourth-order valence-electron chi connectivity index (χ4n) is 0.815. The quantitative estimate of drug-likeness (QED) is 0.552. The van der Waals surface area contributed by atoms with E-state index in [1.807, 2.05) is 0 Å². The number of carboxylic acid groups (broad SMARTS) is 3. The zero-order valence-electron chi connectivity index (χ0n) is 7.29. The van der Waals surface area contributed by atoms with Gasteiger partial charge in [-0.2, -0.15) is 0 Å². The predicted molar refractivity (Wildman–Crippen MR) is 44.1 cm³/mol. The average molecular weight is 205 g/mol. The summed E-state index contributed by atoms with van der Waals surface area (Å²) in [6.07, 6.45) is 0.670. The van der Waals surface area contributed by atoms with Crippen LogP contribution in [0.5, 0.6) is 0 Å². The highest BCUT2D eigenvalue weighted by atomic mass is 16.6. The summed E-state index contributed by atoms with van der Waals surface area (Å²) < 4.78 is 0. The molecule has 0 radical (unpaired) electrons. The van der Waals surface area contributed by atoms with Crippen LogP contribution < -0.4 is 0 Å². The molecule has 0 aliphatic heterocycles. The van der Waals surface area contributed by atoms with E-state index in [9.17, 15) is 9.59 Å². The lowest BCUT2D eigenvalue weighted by Crippen LogP contribution is -2.30. The molecule has 7 nitrogen and oxygen atoms in total. The van der Waals surface area contributed by atoms with Crippen LogP contribution in [0.3, 0.4) is 0 Å². The Kier molecular flexibility index (Phi) is 5.05. The average Bonchev–Trinajstić information content (AvgIpc) is 2.81. The van der Waals surface area contributed by atoms with Crippen molar-refractivity contribution in [2.24, 2.45) is 0 Å². The second-order valence-corrected chi connectivity index (χ2v) is 2.69. The van der Waals surface area contributed by atoms with Gasteiger partial charge in [0.15, 0.2) is 0 Å². The number of aliphatic carboxylic acids is 1. The van der Waals surface area contributed by atoms with E-state index in [0.29, 0.717) is 6.41 Å².